The summed E-state index contributed by atoms with van der Waals surface area (Å²) in [7, 11) is 0. The minimum absolute atomic E-state index is 0.0349. The van der Waals surface area contributed by atoms with Gasteiger partial charge in [-0.1, -0.05) is 110 Å². The van der Waals surface area contributed by atoms with E-state index in [2.05, 4.69) is 13.8 Å². The van der Waals surface area contributed by atoms with Gasteiger partial charge in [-0.25, -0.2) is 0 Å². The molecule has 0 aliphatic heterocycles. The van der Waals surface area contributed by atoms with Gasteiger partial charge in [-0.3, -0.25) is 0 Å². The molecule has 0 aliphatic rings. The van der Waals surface area contributed by atoms with Crippen LogP contribution < -0.4 is 0 Å². The van der Waals surface area contributed by atoms with Gasteiger partial charge in [0.25, 0.3) is 0 Å². The summed E-state index contributed by atoms with van der Waals surface area (Å²) in [6, 6.07) is 0. The van der Waals surface area contributed by atoms with Gasteiger partial charge in [0.05, 0.1) is 6.10 Å². The van der Waals surface area contributed by atoms with E-state index in [1.54, 1.807) is 0 Å². The van der Waals surface area contributed by atoms with Crippen LogP contribution in [-0.4, -0.2) is 11.2 Å². The highest BCUT2D eigenvalue weighted by atomic mass is 16.3. The molecular formula is C20H42O. The summed E-state index contributed by atoms with van der Waals surface area (Å²) in [6.45, 7) is 4.43. The van der Waals surface area contributed by atoms with Gasteiger partial charge in [0, 0.05) is 0 Å². The number of aliphatic hydroxyl groups excluding tert-OH is 1. The molecule has 1 nitrogen and oxygen atoms in total. The predicted octanol–water partition coefficient (Wildman–Crippen LogP) is 7.02. The Bertz CT molecular complexity index is 179. The zero-order chi connectivity index (χ0) is 15.6. The van der Waals surface area contributed by atoms with Gasteiger partial charge in [-0.2, -0.15) is 0 Å². The molecule has 0 aromatic heterocycles. The van der Waals surface area contributed by atoms with E-state index in [0.717, 1.165) is 19.3 Å². The lowest BCUT2D eigenvalue weighted by Crippen LogP contribution is -2.04. The van der Waals surface area contributed by atoms with Gasteiger partial charge < -0.3 is 5.11 Å². The molecule has 1 heteroatoms. The molecule has 0 fully saturated rings. The van der Waals surface area contributed by atoms with Crippen LogP contribution in [0, 0.1) is 0 Å². The molecule has 0 rings (SSSR count). The topological polar surface area (TPSA) is 20.2 Å². The van der Waals surface area contributed by atoms with Gasteiger partial charge in [0.15, 0.2) is 0 Å². The summed E-state index contributed by atoms with van der Waals surface area (Å²) in [5.41, 5.74) is 0. The number of aliphatic hydroxyl groups is 1. The molecule has 0 aliphatic carbocycles. The molecule has 0 amide bonds. The van der Waals surface area contributed by atoms with E-state index in [-0.39, 0.29) is 6.10 Å². The predicted molar refractivity (Wildman–Crippen MR) is 95.8 cm³/mol. The third-order valence-electron chi connectivity index (χ3n) is 4.51. The molecular weight excluding hydrogens is 256 g/mol. The molecule has 0 saturated heterocycles. The van der Waals surface area contributed by atoms with Crippen molar-refractivity contribution in [1.82, 2.24) is 0 Å². The maximum Gasteiger partial charge on any atom is 0.0540 e. The summed E-state index contributed by atoms with van der Waals surface area (Å²) in [6.07, 6.45) is 22.8. The standard InChI is InChI=1S/C20H42O/c1-3-5-6-7-8-9-10-11-12-13-14-15-16-17-19-20(21)18-4-2/h20-21H,3-19H2,1-2H3. The Morgan fingerprint density at radius 2 is 0.857 bits per heavy atom. The Balaban J connectivity index is 2.99. The van der Waals surface area contributed by atoms with E-state index in [0.29, 0.717) is 0 Å². The van der Waals surface area contributed by atoms with Crippen LogP contribution in [0.5, 0.6) is 0 Å². The average molecular weight is 299 g/mol. The summed E-state index contributed by atoms with van der Waals surface area (Å²) < 4.78 is 0. The summed E-state index contributed by atoms with van der Waals surface area (Å²) in [5, 5.41) is 9.64. The van der Waals surface area contributed by atoms with E-state index in [1.807, 2.05) is 0 Å². The SMILES string of the molecule is CCCCCCCCCCCCCCCCC(O)CCC. The fourth-order valence-corrected chi connectivity index (χ4v) is 3.05. The van der Waals surface area contributed by atoms with Crippen molar-refractivity contribution in [2.45, 2.75) is 129 Å². The Morgan fingerprint density at radius 1 is 0.476 bits per heavy atom. The lowest BCUT2D eigenvalue weighted by Gasteiger charge is -2.08. The molecule has 0 aromatic carbocycles. The number of rotatable bonds is 17. The summed E-state index contributed by atoms with van der Waals surface area (Å²) >= 11 is 0. The van der Waals surface area contributed by atoms with Crippen LogP contribution in [-0.2, 0) is 0 Å². The van der Waals surface area contributed by atoms with E-state index in [9.17, 15) is 5.11 Å². The molecule has 1 N–H and O–H groups in total. The Morgan fingerprint density at radius 3 is 1.24 bits per heavy atom. The van der Waals surface area contributed by atoms with E-state index >= 15 is 0 Å². The maximum absolute atomic E-state index is 9.64. The highest BCUT2D eigenvalue weighted by Gasteiger charge is 2.01. The third-order valence-corrected chi connectivity index (χ3v) is 4.51. The Hall–Kier alpha value is -0.0400. The van der Waals surface area contributed by atoms with Gasteiger partial charge in [-0.15, -0.1) is 0 Å². The Labute approximate surface area is 134 Å². The number of hydrogen-bond donors (Lipinski definition) is 1. The van der Waals surface area contributed by atoms with Crippen LogP contribution in [0.1, 0.15) is 123 Å². The van der Waals surface area contributed by atoms with Crippen molar-refractivity contribution < 1.29 is 5.11 Å². The molecule has 0 bridgehead atoms. The van der Waals surface area contributed by atoms with Crippen molar-refractivity contribution >= 4 is 0 Å². The van der Waals surface area contributed by atoms with Crippen molar-refractivity contribution in [2.75, 3.05) is 0 Å². The van der Waals surface area contributed by atoms with Gasteiger partial charge in [0.1, 0.15) is 0 Å². The van der Waals surface area contributed by atoms with Crippen molar-refractivity contribution in [3.8, 4) is 0 Å². The second-order valence-electron chi connectivity index (χ2n) is 6.83. The summed E-state index contributed by atoms with van der Waals surface area (Å²) in [5.74, 6) is 0. The second kappa shape index (κ2) is 18.0. The first-order valence-electron chi connectivity index (χ1n) is 9.99. The Kier molecular flexibility index (Phi) is 18.0. The summed E-state index contributed by atoms with van der Waals surface area (Å²) in [4.78, 5) is 0. The first-order valence-corrected chi connectivity index (χ1v) is 9.99. The zero-order valence-corrected chi connectivity index (χ0v) is 15.0. The van der Waals surface area contributed by atoms with Crippen molar-refractivity contribution in [3.63, 3.8) is 0 Å². The van der Waals surface area contributed by atoms with Crippen molar-refractivity contribution in [1.29, 1.82) is 0 Å². The highest BCUT2D eigenvalue weighted by molar-refractivity contribution is 4.55. The molecule has 128 valence electrons. The fourth-order valence-electron chi connectivity index (χ4n) is 3.05. The van der Waals surface area contributed by atoms with E-state index in [4.69, 9.17) is 0 Å². The van der Waals surface area contributed by atoms with Crippen LogP contribution in [0.3, 0.4) is 0 Å². The molecule has 0 spiro atoms. The minimum Gasteiger partial charge on any atom is -0.393 e. The molecule has 0 saturated carbocycles. The van der Waals surface area contributed by atoms with Crippen LogP contribution in [0.2, 0.25) is 0 Å². The lowest BCUT2D eigenvalue weighted by atomic mass is 10.0. The quantitative estimate of drug-likeness (QED) is 0.286. The average Bonchev–Trinajstić information content (AvgIpc) is 2.48. The highest BCUT2D eigenvalue weighted by Crippen LogP contribution is 2.14. The molecule has 0 heterocycles. The third kappa shape index (κ3) is 17.9. The largest absolute Gasteiger partial charge is 0.393 e. The first-order chi connectivity index (χ1) is 10.3. The smallest absolute Gasteiger partial charge is 0.0540 e. The molecule has 0 radical (unpaired) electrons. The van der Waals surface area contributed by atoms with Crippen LogP contribution in [0.4, 0.5) is 0 Å². The minimum atomic E-state index is -0.0349. The molecule has 1 unspecified atom stereocenters. The molecule has 1 atom stereocenters. The lowest BCUT2D eigenvalue weighted by molar-refractivity contribution is 0.150. The number of hydrogen-bond acceptors (Lipinski definition) is 1. The van der Waals surface area contributed by atoms with Gasteiger partial charge in [0.2, 0.25) is 0 Å². The normalized spacial score (nSPS) is 12.7. The van der Waals surface area contributed by atoms with Crippen molar-refractivity contribution in [2.24, 2.45) is 0 Å². The fraction of sp³-hybridized carbons (Fsp3) is 1.00. The van der Waals surface area contributed by atoms with E-state index in [1.165, 1.54) is 89.9 Å². The van der Waals surface area contributed by atoms with Crippen LogP contribution >= 0.6 is 0 Å². The van der Waals surface area contributed by atoms with Crippen LogP contribution in [0.25, 0.3) is 0 Å². The zero-order valence-electron chi connectivity index (χ0n) is 15.0. The van der Waals surface area contributed by atoms with Gasteiger partial charge >= 0.3 is 0 Å². The molecule has 21 heavy (non-hydrogen) atoms. The monoisotopic (exact) mass is 298 g/mol. The number of unbranched alkanes of at least 4 members (excludes halogenated alkanes) is 13. The first kappa shape index (κ1) is 21.0. The van der Waals surface area contributed by atoms with E-state index < -0.39 is 0 Å². The van der Waals surface area contributed by atoms with Gasteiger partial charge in [-0.05, 0) is 12.8 Å². The molecule has 0 aromatic rings. The van der Waals surface area contributed by atoms with Crippen LogP contribution in [0.15, 0.2) is 0 Å². The second-order valence-corrected chi connectivity index (χ2v) is 6.83. The maximum atomic E-state index is 9.64. The van der Waals surface area contributed by atoms with Crippen molar-refractivity contribution in [3.05, 3.63) is 0 Å².